The van der Waals surface area contributed by atoms with E-state index in [9.17, 15) is 4.79 Å². The van der Waals surface area contributed by atoms with Crippen molar-refractivity contribution in [2.75, 3.05) is 37.0 Å². The van der Waals surface area contributed by atoms with Gasteiger partial charge in [0.15, 0.2) is 10.8 Å². The van der Waals surface area contributed by atoms with Gasteiger partial charge in [0.05, 0.1) is 31.1 Å². The number of ether oxygens (including phenoxy) is 1. The lowest BCUT2D eigenvalue weighted by Crippen LogP contribution is -2.58. The molecule has 1 saturated heterocycles. The topological polar surface area (TPSA) is 83.5 Å². The number of benzene rings is 1. The summed E-state index contributed by atoms with van der Waals surface area (Å²) in [6.07, 6.45) is 4.87. The molecule has 3 aromatic rings. The Balaban J connectivity index is 0.00000306. The summed E-state index contributed by atoms with van der Waals surface area (Å²) in [7, 11) is 1.33. The molecule has 9 heteroatoms. The summed E-state index contributed by atoms with van der Waals surface area (Å²) in [5.74, 6) is 0.616. The van der Waals surface area contributed by atoms with Crippen LogP contribution in [0.5, 0.6) is 0 Å². The summed E-state index contributed by atoms with van der Waals surface area (Å²) in [6, 6.07) is 10.2. The van der Waals surface area contributed by atoms with Crippen LogP contribution in [-0.2, 0) is 4.74 Å². The van der Waals surface area contributed by atoms with E-state index in [1.807, 2.05) is 30.3 Å². The molecule has 1 fully saturated rings. The number of piperazine rings is 1. The third-order valence-corrected chi connectivity index (χ3v) is 6.03. The third-order valence-electron chi connectivity index (χ3n) is 5.69. The van der Waals surface area contributed by atoms with Crippen molar-refractivity contribution in [1.29, 1.82) is 0 Å². The van der Waals surface area contributed by atoms with Crippen molar-refractivity contribution in [1.82, 2.24) is 19.9 Å². The molecule has 1 aromatic carbocycles. The predicted octanol–water partition coefficient (Wildman–Crippen LogP) is 3.99. The van der Waals surface area contributed by atoms with E-state index < -0.39 is 5.97 Å². The Hall–Kier alpha value is -3.33. The molecule has 1 aliphatic rings. The molecular weight excluding hydrogens is 436 g/mol. The second kappa shape index (κ2) is 10.5. The summed E-state index contributed by atoms with van der Waals surface area (Å²) in [6.45, 7) is 6.63. The molecule has 1 atom stereocenters. The molecule has 0 unspecified atom stereocenters. The number of thiocarbonyl (C=S) groups is 1. The summed E-state index contributed by atoms with van der Waals surface area (Å²) in [5.41, 5.74) is 2.08. The Kier molecular flexibility index (Phi) is 7.75. The molecule has 0 radical (unpaired) electrons. The average Bonchev–Trinajstić information content (AvgIpc) is 2.83. The molecule has 1 aliphatic heterocycles. The molecule has 4 rings (SSSR count). The van der Waals surface area contributed by atoms with Crippen LogP contribution in [0.15, 0.2) is 48.9 Å². The van der Waals surface area contributed by atoms with Crippen LogP contribution in [0.1, 0.15) is 31.8 Å². The molecule has 0 saturated carbocycles. The van der Waals surface area contributed by atoms with E-state index in [1.165, 1.54) is 13.3 Å². The van der Waals surface area contributed by atoms with E-state index in [2.05, 4.69) is 43.9 Å². The first-order valence-electron chi connectivity index (χ1n) is 10.5. The van der Waals surface area contributed by atoms with Gasteiger partial charge in [-0.3, -0.25) is 4.98 Å². The summed E-state index contributed by atoms with van der Waals surface area (Å²) >= 11 is 5.83. The van der Waals surface area contributed by atoms with E-state index >= 15 is 0 Å². The Labute approximate surface area is 200 Å². The fraction of sp³-hybridized carbons (Fsp3) is 0.375. The maximum absolute atomic E-state index is 11.6. The first-order valence-corrected chi connectivity index (χ1v) is 11.0. The molecule has 0 bridgehead atoms. The van der Waals surface area contributed by atoms with Crippen molar-refractivity contribution < 1.29 is 9.53 Å². The maximum Gasteiger partial charge on any atom is 0.358 e. The maximum atomic E-state index is 11.6. The second-order valence-corrected chi connectivity index (χ2v) is 8.39. The number of hydrogen-bond acceptors (Lipinski definition) is 7. The smallest absolute Gasteiger partial charge is 0.358 e. The molecule has 1 N–H and O–H groups in total. The first-order chi connectivity index (χ1) is 15.5. The van der Waals surface area contributed by atoms with Gasteiger partial charge in [-0.2, -0.15) is 0 Å². The van der Waals surface area contributed by atoms with Crippen LogP contribution < -0.4 is 10.2 Å². The quantitative estimate of drug-likeness (QED) is 0.453. The predicted molar refractivity (Wildman–Crippen MR) is 136 cm³/mol. The number of methoxy groups -OCH3 is 1. The lowest BCUT2D eigenvalue weighted by atomic mass is 10.00. The second-order valence-electron chi connectivity index (χ2n) is 8.01. The fourth-order valence-electron chi connectivity index (χ4n) is 3.93. The Morgan fingerprint density at radius 1 is 1.15 bits per heavy atom. The van der Waals surface area contributed by atoms with Crippen molar-refractivity contribution in [3.63, 3.8) is 0 Å². The van der Waals surface area contributed by atoms with Crippen molar-refractivity contribution in [3.8, 4) is 0 Å². The average molecular weight is 467 g/mol. The van der Waals surface area contributed by atoms with E-state index in [0.717, 1.165) is 42.0 Å². The van der Waals surface area contributed by atoms with Crippen LogP contribution in [0.4, 0.5) is 11.5 Å². The Bertz CT molecular complexity index is 1120. The van der Waals surface area contributed by atoms with Gasteiger partial charge in [-0.1, -0.05) is 27.3 Å². The summed E-state index contributed by atoms with van der Waals surface area (Å²) in [5, 5.41) is 5.18. The number of fused-ring (bicyclic) bond motifs is 1. The van der Waals surface area contributed by atoms with Crippen molar-refractivity contribution in [2.24, 2.45) is 5.92 Å². The van der Waals surface area contributed by atoms with Crippen molar-refractivity contribution >= 4 is 45.7 Å². The zero-order valence-electron chi connectivity index (χ0n) is 18.4. The van der Waals surface area contributed by atoms with Crippen LogP contribution in [0, 0.1) is 5.92 Å². The zero-order valence-corrected chi connectivity index (χ0v) is 19.2. The number of nitrogens with zero attached hydrogens (tertiary/aromatic N) is 5. The molecule has 33 heavy (non-hydrogen) atoms. The fourth-order valence-corrected chi connectivity index (χ4v) is 4.27. The summed E-state index contributed by atoms with van der Waals surface area (Å²) in [4.78, 5) is 29.1. The minimum atomic E-state index is -0.492. The van der Waals surface area contributed by atoms with E-state index in [0.29, 0.717) is 11.0 Å². The van der Waals surface area contributed by atoms with Gasteiger partial charge in [-0.05, 0) is 42.4 Å². The van der Waals surface area contributed by atoms with Crippen LogP contribution >= 0.6 is 12.2 Å². The zero-order chi connectivity index (χ0) is 22.7. The van der Waals surface area contributed by atoms with Gasteiger partial charge in [0.25, 0.3) is 0 Å². The van der Waals surface area contributed by atoms with Crippen LogP contribution in [0.25, 0.3) is 10.9 Å². The minimum Gasteiger partial charge on any atom is -0.464 e. The number of aromatic nitrogens is 3. The number of anilines is 2. The number of esters is 1. The van der Waals surface area contributed by atoms with Gasteiger partial charge in [0, 0.05) is 36.9 Å². The number of hydrogen-bond donors (Lipinski definition) is 1. The number of rotatable bonds is 4. The largest absolute Gasteiger partial charge is 0.464 e. The highest BCUT2D eigenvalue weighted by Crippen LogP contribution is 2.25. The van der Waals surface area contributed by atoms with Gasteiger partial charge in [0.1, 0.15) is 5.82 Å². The van der Waals surface area contributed by atoms with Crippen LogP contribution in [0.3, 0.4) is 0 Å². The van der Waals surface area contributed by atoms with E-state index in [1.54, 1.807) is 12.4 Å². The van der Waals surface area contributed by atoms with Gasteiger partial charge in [-0.15, -0.1) is 0 Å². The highest BCUT2D eigenvalue weighted by atomic mass is 32.1. The van der Waals surface area contributed by atoms with E-state index in [4.69, 9.17) is 17.0 Å². The van der Waals surface area contributed by atoms with Crippen LogP contribution in [-0.4, -0.2) is 63.7 Å². The molecule has 0 amide bonds. The number of pyridine rings is 1. The number of nitrogens with one attached hydrogen (secondary N) is 1. The molecule has 2 aromatic heterocycles. The monoisotopic (exact) mass is 466 g/mol. The minimum absolute atomic E-state index is 0. The lowest BCUT2D eigenvalue weighted by molar-refractivity contribution is 0.0593. The molecule has 3 heterocycles. The van der Waals surface area contributed by atoms with Crippen LogP contribution in [0.2, 0.25) is 0 Å². The number of carbonyl (C=O) groups is 1. The molecule has 8 nitrogen and oxygen atoms in total. The van der Waals surface area contributed by atoms with Gasteiger partial charge in [0.2, 0.25) is 0 Å². The normalized spacial score (nSPS) is 15.8. The molecule has 0 spiro atoms. The first kappa shape index (κ1) is 24.3. The molecule has 174 valence electrons. The molecular formula is C24H30N6O2S. The van der Waals surface area contributed by atoms with Gasteiger partial charge in [-0.25, -0.2) is 14.8 Å². The highest BCUT2D eigenvalue weighted by Gasteiger charge is 2.31. The summed E-state index contributed by atoms with van der Waals surface area (Å²) < 4.78 is 4.70. The standard InChI is InChI=1S/C23H26N6O2S.CH4/c1-15(2)20-14-28(21-13-25-19(12-26-21)22(30)31-3)10-11-29(20)23(32)27-18-8-4-7-17-16(18)6-5-9-24-17;/h4-9,12-13,15,20H,10-11,14H2,1-3H3,(H,27,32);1H4/t20-;/m1./s1. The SMILES string of the molecule is C.COC(=O)c1cnc(N2CCN(C(=S)Nc3cccc4ncccc34)[C@@H](C(C)C)C2)cn1. The van der Waals surface area contributed by atoms with Crippen molar-refractivity contribution in [2.45, 2.75) is 27.3 Å². The van der Waals surface area contributed by atoms with Crippen molar-refractivity contribution in [3.05, 3.63) is 54.6 Å². The van der Waals surface area contributed by atoms with E-state index in [-0.39, 0.29) is 19.2 Å². The Morgan fingerprint density at radius 3 is 2.67 bits per heavy atom. The van der Waals surface area contributed by atoms with Gasteiger partial charge >= 0.3 is 5.97 Å². The lowest BCUT2D eigenvalue weighted by Gasteiger charge is -2.45. The molecule has 0 aliphatic carbocycles. The number of carbonyl (C=O) groups excluding carboxylic acids is 1. The Morgan fingerprint density at radius 2 is 1.97 bits per heavy atom. The third kappa shape index (κ3) is 5.19. The highest BCUT2D eigenvalue weighted by molar-refractivity contribution is 7.80. The van der Waals surface area contributed by atoms with Gasteiger partial charge < -0.3 is 19.9 Å².